The Morgan fingerprint density at radius 3 is 1.44 bits per heavy atom. The molecule has 0 aliphatic rings. The van der Waals surface area contributed by atoms with Crippen LogP contribution in [0.2, 0.25) is 0 Å². The monoisotopic (exact) mass is 1090 g/mol. The zero-order chi connectivity index (χ0) is 51.5. The van der Waals surface area contributed by atoms with Crippen LogP contribution in [0.3, 0.4) is 0 Å². The number of carboxylic acids is 1. The third-order valence-corrected chi connectivity index (χ3v) is 9.88. The Kier molecular flexibility index (Phi) is 27.7. The molecule has 0 atom stereocenters. The van der Waals surface area contributed by atoms with E-state index in [-0.39, 0.29) is 25.7 Å². The summed E-state index contributed by atoms with van der Waals surface area (Å²) < 4.78 is 12.3. The molecule has 0 bridgehead atoms. The molecular formula is C53H54Br2N8O8. The first-order valence-electron chi connectivity index (χ1n) is 21.4. The summed E-state index contributed by atoms with van der Waals surface area (Å²) in [6.45, 7) is 4.83. The first-order chi connectivity index (χ1) is 34.4. The molecule has 3 aromatic heterocycles. The van der Waals surface area contributed by atoms with Gasteiger partial charge in [-0.2, -0.15) is 0 Å². The molecule has 0 saturated carbocycles. The number of para-hydroxylation sites is 2. The van der Waals surface area contributed by atoms with Crippen LogP contribution in [0.4, 0.5) is 21.0 Å². The first kappa shape index (κ1) is 57.3. The van der Waals surface area contributed by atoms with E-state index in [9.17, 15) is 19.2 Å². The molecule has 0 aliphatic carbocycles. The average molecular weight is 1090 g/mol. The van der Waals surface area contributed by atoms with Crippen molar-refractivity contribution < 1.29 is 38.9 Å². The summed E-state index contributed by atoms with van der Waals surface area (Å²) in [6, 6.07) is 41.1. The van der Waals surface area contributed by atoms with E-state index in [0.717, 1.165) is 48.4 Å². The first-order valence-corrected chi connectivity index (χ1v) is 23.0. The number of carbonyl (C=O) groups is 4. The molecule has 16 nitrogen and oxygen atoms in total. The number of ether oxygens (including phenoxy) is 2. The third kappa shape index (κ3) is 26.3. The molecule has 3 heterocycles. The van der Waals surface area contributed by atoms with Crippen molar-refractivity contribution in [2.75, 3.05) is 11.1 Å². The van der Waals surface area contributed by atoms with Crippen molar-refractivity contribution >= 4 is 73.4 Å². The maximum absolute atomic E-state index is 12.0. The third-order valence-electron chi connectivity index (χ3n) is 8.83. The predicted octanol–water partition coefficient (Wildman–Crippen LogP) is 9.75. The van der Waals surface area contributed by atoms with E-state index in [1.54, 1.807) is 85.7 Å². The van der Waals surface area contributed by atoms with Gasteiger partial charge in [-0.1, -0.05) is 117 Å². The molecule has 7 aromatic rings. The lowest BCUT2D eigenvalue weighted by molar-refractivity contribution is -0.131. The number of nitrogens with zero attached hydrogens (tertiary/aromatic N) is 3. The minimum atomic E-state index is -0.981. The van der Waals surface area contributed by atoms with Crippen LogP contribution < -0.4 is 27.4 Å². The molecule has 18 heteroatoms. The lowest BCUT2D eigenvalue weighted by Gasteiger charge is -2.07. The number of carboxylic acid groups (broad SMARTS) is 1. The number of nitrogens with two attached hydrogens (primary N) is 2. The fraction of sp³-hybridized carbons (Fsp3) is 0.113. The molecule has 0 radical (unpaired) electrons. The molecule has 0 aliphatic heterocycles. The summed E-state index contributed by atoms with van der Waals surface area (Å²) in [4.78, 5) is 56.3. The van der Waals surface area contributed by atoms with Gasteiger partial charge in [-0.05, 0) is 88.5 Å². The molecule has 0 saturated heterocycles. The number of aliphatic hydroxyl groups excluding tert-OH is 1. The lowest BCUT2D eigenvalue weighted by atomic mass is 10.1. The second kappa shape index (κ2) is 34.3. The Hall–Kier alpha value is -8.03. The fourth-order valence-corrected chi connectivity index (χ4v) is 5.66. The van der Waals surface area contributed by atoms with Crippen LogP contribution in [0.25, 0.3) is 6.08 Å². The van der Waals surface area contributed by atoms with Crippen LogP contribution in [0.1, 0.15) is 38.9 Å². The second-order valence-corrected chi connectivity index (χ2v) is 16.1. The number of aromatic nitrogens is 3. The van der Waals surface area contributed by atoms with Crippen LogP contribution in [-0.4, -0.2) is 49.2 Å². The molecule has 9 N–H and O–H groups in total. The highest BCUT2D eigenvalue weighted by molar-refractivity contribution is 9.10. The molecule has 7 rings (SSSR count). The summed E-state index contributed by atoms with van der Waals surface area (Å²) in [5.41, 5.74) is 18.8. The zero-order valence-electron chi connectivity index (χ0n) is 38.4. The lowest BCUT2D eigenvalue weighted by Crippen LogP contribution is -2.23. The number of pyridine rings is 3. The summed E-state index contributed by atoms with van der Waals surface area (Å²) in [5.74, 6) is -1.25. The average Bonchev–Trinajstić information content (AvgIpc) is 3.41. The van der Waals surface area contributed by atoms with Gasteiger partial charge in [0.05, 0.1) is 18.0 Å². The standard InChI is InChI=1S/C23H22N4O3.C14H13BrN2O2.C7H8BrN.C6H7NO.C3H4O2/c24-20-5-1-2-6-21(20)27-22(28)12-11-17-7-9-18(10-8-17)15-26-23(29)30-16-19-4-3-13-25-14-19;15-13-5-3-11(4-6-13)9-17-14(18)19-10-12-2-1-7-16-8-12;8-7-3-1-6(5-9)2-4-7;8-5-6-2-1-3-7-4-6;1-2-3(4)5/h1-14H,15-16,24H2,(H,26,29)(H,27,28);1-8H,9-10H2,(H,17,18);1-4H,5,9H2;1-4,8H,5H2;2H,1H2,(H,4,5)/b12-11+;;;;. The van der Waals surface area contributed by atoms with E-state index in [1.165, 1.54) is 11.6 Å². The van der Waals surface area contributed by atoms with Crippen molar-refractivity contribution in [3.05, 3.63) is 237 Å². The van der Waals surface area contributed by atoms with E-state index in [2.05, 4.69) is 69.3 Å². The number of hydrogen-bond acceptors (Lipinski definition) is 12. The number of alkyl carbamates (subject to hydrolysis) is 2. The number of rotatable bonds is 14. The van der Waals surface area contributed by atoms with Gasteiger partial charge in [0, 0.05) is 89.0 Å². The van der Waals surface area contributed by atoms with E-state index in [1.807, 2.05) is 91.0 Å². The number of amides is 3. The SMILES string of the molecule is C=CC(=O)O.NCc1ccc(Br)cc1.Nc1ccccc1NC(=O)/C=C/c1ccc(CNC(=O)OCc2cccnc2)cc1.O=C(NCc1ccc(Br)cc1)OCc1cccnc1.OCc1cccnc1. The topological polar surface area (TPSA) is 254 Å². The highest BCUT2D eigenvalue weighted by atomic mass is 79.9. The number of anilines is 2. The molecule has 3 amide bonds. The second-order valence-electron chi connectivity index (χ2n) is 14.3. The maximum Gasteiger partial charge on any atom is 0.407 e. The Morgan fingerprint density at radius 1 is 0.606 bits per heavy atom. The number of carbonyl (C=O) groups excluding carboxylic acids is 3. The van der Waals surface area contributed by atoms with Gasteiger partial charge in [-0.25, -0.2) is 14.4 Å². The van der Waals surface area contributed by atoms with Crippen molar-refractivity contribution in [2.24, 2.45) is 5.73 Å². The van der Waals surface area contributed by atoms with Crippen molar-refractivity contribution in [1.29, 1.82) is 0 Å². The smallest absolute Gasteiger partial charge is 0.407 e. The quantitative estimate of drug-likeness (QED) is 0.0396. The number of hydrogen-bond donors (Lipinski definition) is 7. The van der Waals surface area contributed by atoms with Gasteiger partial charge >= 0.3 is 18.2 Å². The number of aliphatic hydroxyl groups is 1. The number of halogens is 2. The Balaban J connectivity index is 0.000000273. The van der Waals surface area contributed by atoms with Crippen LogP contribution in [0.5, 0.6) is 0 Å². The van der Waals surface area contributed by atoms with Gasteiger partial charge in [0.25, 0.3) is 0 Å². The van der Waals surface area contributed by atoms with E-state index in [0.29, 0.717) is 31.0 Å². The predicted molar refractivity (Wildman–Crippen MR) is 282 cm³/mol. The fourth-order valence-electron chi connectivity index (χ4n) is 5.13. The maximum atomic E-state index is 12.0. The van der Waals surface area contributed by atoms with Gasteiger partial charge in [-0.15, -0.1) is 0 Å². The van der Waals surface area contributed by atoms with Gasteiger partial charge in [0.2, 0.25) is 5.91 Å². The van der Waals surface area contributed by atoms with Crippen LogP contribution in [0.15, 0.2) is 198 Å². The van der Waals surface area contributed by atoms with Crippen LogP contribution >= 0.6 is 31.9 Å². The minimum Gasteiger partial charge on any atom is -0.478 e. The minimum absolute atomic E-state index is 0.0772. The number of nitrogen functional groups attached to an aromatic ring is 1. The van der Waals surface area contributed by atoms with E-state index >= 15 is 0 Å². The molecule has 368 valence electrons. The van der Waals surface area contributed by atoms with Gasteiger partial charge in [0.15, 0.2) is 0 Å². The van der Waals surface area contributed by atoms with Crippen molar-refractivity contribution in [2.45, 2.75) is 39.5 Å². The largest absolute Gasteiger partial charge is 0.478 e. The summed E-state index contributed by atoms with van der Waals surface area (Å²) in [6.07, 6.45) is 13.0. The summed E-state index contributed by atoms with van der Waals surface area (Å²) >= 11 is 6.69. The number of benzene rings is 4. The highest BCUT2D eigenvalue weighted by Gasteiger charge is 2.05. The highest BCUT2D eigenvalue weighted by Crippen LogP contribution is 2.17. The summed E-state index contributed by atoms with van der Waals surface area (Å²) in [5, 5.41) is 24.2. The Labute approximate surface area is 429 Å². The van der Waals surface area contributed by atoms with Crippen molar-refractivity contribution in [3.63, 3.8) is 0 Å². The molecule has 71 heavy (non-hydrogen) atoms. The molecule has 0 unspecified atom stereocenters. The van der Waals surface area contributed by atoms with Gasteiger partial charge < -0.3 is 47.1 Å². The van der Waals surface area contributed by atoms with Gasteiger partial charge in [-0.3, -0.25) is 19.7 Å². The Morgan fingerprint density at radius 2 is 1.04 bits per heavy atom. The normalized spacial score (nSPS) is 9.80. The zero-order valence-corrected chi connectivity index (χ0v) is 41.6. The molecule has 4 aromatic carbocycles. The molecule has 0 spiro atoms. The Bertz CT molecular complexity index is 2670. The molecular weight excluding hydrogens is 1040 g/mol. The number of nitrogens with one attached hydrogen (secondary N) is 3. The van der Waals surface area contributed by atoms with Crippen molar-refractivity contribution in [3.8, 4) is 0 Å². The number of aliphatic carboxylic acids is 1. The van der Waals surface area contributed by atoms with E-state index < -0.39 is 18.2 Å². The van der Waals surface area contributed by atoms with Gasteiger partial charge in [0.1, 0.15) is 13.2 Å². The van der Waals surface area contributed by atoms with Crippen LogP contribution in [-0.2, 0) is 58.5 Å². The molecule has 0 fully saturated rings. The van der Waals surface area contributed by atoms with Crippen molar-refractivity contribution in [1.82, 2.24) is 25.6 Å². The van der Waals surface area contributed by atoms with Crippen LogP contribution in [0, 0.1) is 0 Å². The summed E-state index contributed by atoms with van der Waals surface area (Å²) in [7, 11) is 0. The van der Waals surface area contributed by atoms with E-state index in [4.69, 9.17) is 31.2 Å².